The zero-order valence-corrected chi connectivity index (χ0v) is 12.9. The van der Waals surface area contributed by atoms with Crippen LogP contribution in [0.3, 0.4) is 0 Å². The Morgan fingerprint density at radius 3 is 2.52 bits per heavy atom. The highest BCUT2D eigenvalue weighted by molar-refractivity contribution is 6.35. The van der Waals surface area contributed by atoms with Gasteiger partial charge in [0.05, 0.1) is 5.92 Å². The summed E-state index contributed by atoms with van der Waals surface area (Å²) in [6.07, 6.45) is 0.868. The third-order valence-electron chi connectivity index (χ3n) is 3.96. The fraction of sp³-hybridized carbons (Fsp3) is 0.235. The van der Waals surface area contributed by atoms with E-state index in [1.54, 1.807) is 6.07 Å². The summed E-state index contributed by atoms with van der Waals surface area (Å²) in [5.41, 5.74) is 2.01. The Labute approximate surface area is 134 Å². The summed E-state index contributed by atoms with van der Waals surface area (Å²) in [5, 5.41) is 4.19. The second-order valence-corrected chi connectivity index (χ2v) is 6.08. The Kier molecular flexibility index (Phi) is 4.18. The van der Waals surface area contributed by atoms with E-state index < -0.39 is 0 Å². The first-order valence-electron chi connectivity index (χ1n) is 6.94. The lowest BCUT2D eigenvalue weighted by Crippen LogP contribution is -2.39. The van der Waals surface area contributed by atoms with Crippen LogP contribution in [0.25, 0.3) is 0 Å². The Morgan fingerprint density at radius 1 is 1.05 bits per heavy atom. The number of piperidine rings is 1. The summed E-state index contributed by atoms with van der Waals surface area (Å²) < 4.78 is 0. The number of amides is 1. The van der Waals surface area contributed by atoms with Gasteiger partial charge >= 0.3 is 0 Å². The summed E-state index contributed by atoms with van der Waals surface area (Å²) in [6.45, 7) is 0.672. The van der Waals surface area contributed by atoms with Crippen molar-refractivity contribution in [3.63, 3.8) is 0 Å². The van der Waals surface area contributed by atoms with Crippen LogP contribution in [0.4, 0.5) is 0 Å². The zero-order valence-electron chi connectivity index (χ0n) is 11.4. The number of hydrogen-bond donors (Lipinski definition) is 1. The predicted molar refractivity (Wildman–Crippen MR) is 86.0 cm³/mol. The van der Waals surface area contributed by atoms with Crippen LogP contribution in [0.1, 0.15) is 29.4 Å². The Hall–Kier alpha value is -1.51. The van der Waals surface area contributed by atoms with Crippen molar-refractivity contribution in [2.45, 2.75) is 18.3 Å². The minimum absolute atomic E-state index is 0.0588. The van der Waals surface area contributed by atoms with Crippen LogP contribution in [-0.2, 0) is 4.79 Å². The van der Waals surface area contributed by atoms with Gasteiger partial charge in [0.15, 0.2) is 0 Å². The molecule has 0 saturated carbocycles. The van der Waals surface area contributed by atoms with Gasteiger partial charge in [-0.15, -0.1) is 0 Å². The van der Waals surface area contributed by atoms with Crippen molar-refractivity contribution >= 4 is 29.1 Å². The van der Waals surface area contributed by atoms with Crippen molar-refractivity contribution in [3.8, 4) is 0 Å². The van der Waals surface area contributed by atoms with Crippen LogP contribution < -0.4 is 5.32 Å². The Morgan fingerprint density at radius 2 is 1.81 bits per heavy atom. The fourth-order valence-electron chi connectivity index (χ4n) is 2.99. The van der Waals surface area contributed by atoms with E-state index in [4.69, 9.17) is 23.2 Å². The second-order valence-electron chi connectivity index (χ2n) is 5.24. The Bertz CT molecular complexity index is 657. The molecule has 0 unspecified atom stereocenters. The third-order valence-corrected chi connectivity index (χ3v) is 4.52. The molecular formula is C17H15Cl2NO. The van der Waals surface area contributed by atoms with Gasteiger partial charge in [-0.25, -0.2) is 0 Å². The van der Waals surface area contributed by atoms with Crippen LogP contribution in [0.5, 0.6) is 0 Å². The first-order chi connectivity index (χ1) is 10.2. The summed E-state index contributed by atoms with van der Waals surface area (Å²) in [5.74, 6) is -0.0759. The highest BCUT2D eigenvalue weighted by atomic mass is 35.5. The monoisotopic (exact) mass is 319 g/mol. The summed E-state index contributed by atoms with van der Waals surface area (Å²) in [6, 6.07) is 15.4. The van der Waals surface area contributed by atoms with E-state index in [1.165, 1.54) is 0 Å². The molecular weight excluding hydrogens is 305 g/mol. The smallest absolute Gasteiger partial charge is 0.228 e. The molecule has 1 heterocycles. The average Bonchev–Trinajstić information content (AvgIpc) is 2.48. The Balaban J connectivity index is 2.04. The molecule has 2 atom stereocenters. The van der Waals surface area contributed by atoms with Crippen LogP contribution in [0, 0.1) is 0 Å². The van der Waals surface area contributed by atoms with Gasteiger partial charge < -0.3 is 5.32 Å². The normalized spacial score (nSPS) is 21.9. The molecule has 0 spiro atoms. The van der Waals surface area contributed by atoms with Gasteiger partial charge in [-0.2, -0.15) is 0 Å². The van der Waals surface area contributed by atoms with Gasteiger partial charge in [-0.1, -0.05) is 59.6 Å². The van der Waals surface area contributed by atoms with Gasteiger partial charge in [-0.3, -0.25) is 4.79 Å². The van der Waals surface area contributed by atoms with Crippen LogP contribution >= 0.6 is 23.2 Å². The lowest BCUT2D eigenvalue weighted by Gasteiger charge is -2.32. The standard InChI is InChI=1S/C17H15Cl2NO/c18-12-6-7-13(15(19)10-12)14-8-9-20-17(21)16(14)11-4-2-1-3-5-11/h1-7,10,14,16H,8-9H2,(H,20,21)/t14-,16-/m0/s1. The van der Waals surface area contributed by atoms with Crippen molar-refractivity contribution in [2.24, 2.45) is 0 Å². The molecule has 0 radical (unpaired) electrons. The molecule has 1 saturated heterocycles. The fourth-order valence-corrected chi connectivity index (χ4v) is 3.54. The van der Waals surface area contributed by atoms with Crippen molar-refractivity contribution in [3.05, 3.63) is 69.7 Å². The maximum absolute atomic E-state index is 12.4. The highest BCUT2D eigenvalue weighted by Gasteiger charge is 2.35. The van der Waals surface area contributed by atoms with Crippen molar-refractivity contribution in [2.75, 3.05) is 6.54 Å². The zero-order chi connectivity index (χ0) is 14.8. The number of benzene rings is 2. The molecule has 1 N–H and O–H groups in total. The van der Waals surface area contributed by atoms with Crippen LogP contribution in [-0.4, -0.2) is 12.5 Å². The second kappa shape index (κ2) is 6.08. The highest BCUT2D eigenvalue weighted by Crippen LogP contribution is 2.41. The number of rotatable bonds is 2. The van der Waals surface area contributed by atoms with Crippen molar-refractivity contribution < 1.29 is 4.79 Å². The number of halogens is 2. The molecule has 0 aromatic heterocycles. The van der Waals surface area contributed by atoms with E-state index >= 15 is 0 Å². The number of carbonyl (C=O) groups is 1. The average molecular weight is 320 g/mol. The number of hydrogen-bond acceptors (Lipinski definition) is 1. The summed E-state index contributed by atoms with van der Waals surface area (Å²) >= 11 is 12.3. The quantitative estimate of drug-likeness (QED) is 0.874. The third kappa shape index (κ3) is 2.92. The molecule has 2 aromatic carbocycles. The first-order valence-corrected chi connectivity index (χ1v) is 7.70. The molecule has 0 bridgehead atoms. The molecule has 2 nitrogen and oxygen atoms in total. The molecule has 1 aliphatic heterocycles. The SMILES string of the molecule is O=C1NCC[C@@H](c2ccc(Cl)cc2Cl)[C@@H]1c1ccccc1. The molecule has 1 fully saturated rings. The maximum Gasteiger partial charge on any atom is 0.228 e. The van der Waals surface area contributed by atoms with Crippen molar-refractivity contribution in [1.82, 2.24) is 5.32 Å². The molecule has 4 heteroatoms. The van der Waals surface area contributed by atoms with Crippen LogP contribution in [0.2, 0.25) is 10.0 Å². The first kappa shape index (κ1) is 14.4. The van der Waals surface area contributed by atoms with Gasteiger partial charge in [-0.05, 0) is 29.7 Å². The van der Waals surface area contributed by atoms with Gasteiger partial charge in [0.1, 0.15) is 0 Å². The van der Waals surface area contributed by atoms with E-state index in [-0.39, 0.29) is 17.7 Å². The number of nitrogens with one attached hydrogen (secondary N) is 1. The molecule has 1 aliphatic rings. The van der Waals surface area contributed by atoms with Crippen LogP contribution in [0.15, 0.2) is 48.5 Å². The largest absolute Gasteiger partial charge is 0.356 e. The van der Waals surface area contributed by atoms with E-state index in [0.717, 1.165) is 17.5 Å². The van der Waals surface area contributed by atoms with Gasteiger partial charge in [0.2, 0.25) is 5.91 Å². The topological polar surface area (TPSA) is 29.1 Å². The molecule has 21 heavy (non-hydrogen) atoms. The van der Waals surface area contributed by atoms with Gasteiger partial charge in [0.25, 0.3) is 0 Å². The van der Waals surface area contributed by atoms with E-state index in [9.17, 15) is 4.79 Å². The number of carbonyl (C=O) groups excluding carboxylic acids is 1. The minimum atomic E-state index is -0.210. The molecule has 2 aromatic rings. The van der Waals surface area contributed by atoms with E-state index in [0.29, 0.717) is 16.6 Å². The summed E-state index contributed by atoms with van der Waals surface area (Å²) in [7, 11) is 0. The van der Waals surface area contributed by atoms with E-state index in [2.05, 4.69) is 5.32 Å². The van der Waals surface area contributed by atoms with Gasteiger partial charge in [0, 0.05) is 22.5 Å². The van der Waals surface area contributed by atoms with Crippen molar-refractivity contribution in [1.29, 1.82) is 0 Å². The lowest BCUT2D eigenvalue weighted by atomic mass is 9.77. The predicted octanol–water partition coefficient (Wildman–Crippen LogP) is 4.38. The van der Waals surface area contributed by atoms with E-state index in [1.807, 2.05) is 42.5 Å². The molecule has 108 valence electrons. The molecule has 3 rings (SSSR count). The molecule has 1 amide bonds. The minimum Gasteiger partial charge on any atom is -0.356 e. The lowest BCUT2D eigenvalue weighted by molar-refractivity contribution is -0.124. The maximum atomic E-state index is 12.4. The molecule has 0 aliphatic carbocycles. The summed E-state index contributed by atoms with van der Waals surface area (Å²) in [4.78, 5) is 12.4.